The van der Waals surface area contributed by atoms with Crippen LogP contribution in [-0.2, 0) is 32.7 Å². The van der Waals surface area contributed by atoms with E-state index in [4.69, 9.17) is 23.0 Å². The fourth-order valence-corrected chi connectivity index (χ4v) is 4.60. The maximum atomic E-state index is 13.5. The second-order valence-corrected chi connectivity index (χ2v) is 10.5. The minimum absolute atomic E-state index is 0.173. The van der Waals surface area contributed by atoms with Crippen LogP contribution in [-0.4, -0.2) is 38.4 Å². The fourth-order valence-electron chi connectivity index (χ4n) is 3.20. The second-order valence-electron chi connectivity index (χ2n) is 8.89. The molecule has 0 heterocycles. The van der Waals surface area contributed by atoms with Crippen molar-refractivity contribution in [2.24, 2.45) is 0 Å². The van der Waals surface area contributed by atoms with Crippen molar-refractivity contribution in [3.63, 3.8) is 0 Å². The Morgan fingerprint density at radius 1 is 0.722 bits per heavy atom. The van der Waals surface area contributed by atoms with Gasteiger partial charge in [-0.1, -0.05) is 30.9 Å². The molecule has 0 aromatic heterocycles. The summed E-state index contributed by atoms with van der Waals surface area (Å²) >= 11 is 0. The van der Waals surface area contributed by atoms with Gasteiger partial charge < -0.3 is 14.0 Å². The summed E-state index contributed by atoms with van der Waals surface area (Å²) in [5.41, 5.74) is 3.50. The van der Waals surface area contributed by atoms with E-state index in [2.05, 4.69) is 13.2 Å². The van der Waals surface area contributed by atoms with Crippen LogP contribution in [0, 0.1) is 20.8 Å². The van der Waals surface area contributed by atoms with Crippen LogP contribution in [0.3, 0.4) is 0 Å². The summed E-state index contributed by atoms with van der Waals surface area (Å²) in [6, 6.07) is 3.90. The molecule has 0 spiro atoms. The zero-order valence-electron chi connectivity index (χ0n) is 22.4. The van der Waals surface area contributed by atoms with Gasteiger partial charge >= 0.3 is 19.8 Å². The summed E-state index contributed by atoms with van der Waals surface area (Å²) in [5.74, 6) is -0.326. The molecule has 0 aliphatic heterocycles. The second kappa shape index (κ2) is 16.4. The van der Waals surface area contributed by atoms with Crippen molar-refractivity contribution >= 4 is 19.8 Å². The molecule has 0 N–H and O–H groups in total. The van der Waals surface area contributed by atoms with E-state index in [0.29, 0.717) is 55.8 Å². The SMILES string of the molecule is C=C(C)C(=O)OCCCCCOP(=O)(OCCCCCOC(=O)C(=C)C)Oc1c(C)cc(C)cc1C. The smallest absolute Gasteiger partial charge is 0.462 e. The van der Waals surface area contributed by atoms with Gasteiger partial charge in [0.05, 0.1) is 26.4 Å². The first-order chi connectivity index (χ1) is 16.9. The van der Waals surface area contributed by atoms with Crippen LogP contribution in [0.5, 0.6) is 5.75 Å². The van der Waals surface area contributed by atoms with E-state index in [1.54, 1.807) is 13.8 Å². The van der Waals surface area contributed by atoms with Gasteiger partial charge in [-0.3, -0.25) is 9.05 Å². The highest BCUT2D eigenvalue weighted by atomic mass is 31.2. The Kier molecular flexibility index (Phi) is 14.4. The monoisotopic (exact) mass is 524 g/mol. The molecule has 0 atom stereocenters. The number of ether oxygens (including phenoxy) is 2. The molecule has 0 radical (unpaired) electrons. The molecule has 0 bridgehead atoms. The molecule has 36 heavy (non-hydrogen) atoms. The highest BCUT2D eigenvalue weighted by Gasteiger charge is 2.30. The highest BCUT2D eigenvalue weighted by molar-refractivity contribution is 7.48. The third kappa shape index (κ3) is 12.5. The Morgan fingerprint density at radius 3 is 1.50 bits per heavy atom. The molecule has 1 rings (SSSR count). The van der Waals surface area contributed by atoms with Crippen molar-refractivity contribution in [1.82, 2.24) is 0 Å². The Bertz CT molecular complexity index is 886. The predicted octanol–water partition coefficient (Wildman–Crippen LogP) is 6.71. The van der Waals surface area contributed by atoms with Crippen molar-refractivity contribution in [1.29, 1.82) is 0 Å². The van der Waals surface area contributed by atoms with Crippen molar-refractivity contribution in [3.8, 4) is 5.75 Å². The molecule has 0 aliphatic carbocycles. The maximum absolute atomic E-state index is 13.5. The Labute approximate surface area is 215 Å². The summed E-state index contributed by atoms with van der Waals surface area (Å²) in [5, 5.41) is 0. The molecule has 202 valence electrons. The van der Waals surface area contributed by atoms with E-state index in [9.17, 15) is 14.2 Å². The molecule has 1 aromatic carbocycles. The molecule has 0 amide bonds. The Hall–Kier alpha value is -2.41. The topological polar surface area (TPSA) is 97.4 Å². The number of aryl methyl sites for hydroxylation is 3. The number of phosphoric acid groups is 1. The van der Waals surface area contributed by atoms with Crippen LogP contribution in [0.15, 0.2) is 36.4 Å². The predicted molar refractivity (Wildman–Crippen MR) is 140 cm³/mol. The van der Waals surface area contributed by atoms with Gasteiger partial charge in [0.15, 0.2) is 0 Å². The average Bonchev–Trinajstić information content (AvgIpc) is 2.79. The first-order valence-electron chi connectivity index (χ1n) is 12.3. The third-order valence-corrected chi connectivity index (χ3v) is 6.45. The Morgan fingerprint density at radius 2 is 1.11 bits per heavy atom. The number of carbonyl (C=O) groups excluding carboxylic acids is 2. The van der Waals surface area contributed by atoms with E-state index in [1.165, 1.54) is 0 Å². The van der Waals surface area contributed by atoms with Crippen molar-refractivity contribution < 1.29 is 37.2 Å². The third-order valence-electron chi connectivity index (χ3n) is 5.05. The summed E-state index contributed by atoms with van der Waals surface area (Å²) in [7, 11) is -3.87. The molecular weight excluding hydrogens is 483 g/mol. The van der Waals surface area contributed by atoms with Gasteiger partial charge in [-0.15, -0.1) is 0 Å². The lowest BCUT2D eigenvalue weighted by atomic mass is 10.1. The van der Waals surface area contributed by atoms with E-state index in [-0.39, 0.29) is 13.2 Å². The summed E-state index contributed by atoms with van der Waals surface area (Å²) in [6.07, 6.45) is 3.94. The van der Waals surface area contributed by atoms with Gasteiger partial charge in [0.25, 0.3) is 0 Å². The highest BCUT2D eigenvalue weighted by Crippen LogP contribution is 2.51. The van der Waals surface area contributed by atoms with Crippen molar-refractivity contribution in [2.45, 2.75) is 73.1 Å². The first-order valence-corrected chi connectivity index (χ1v) is 13.7. The van der Waals surface area contributed by atoms with Crippen LogP contribution in [0.2, 0.25) is 0 Å². The van der Waals surface area contributed by atoms with E-state index in [0.717, 1.165) is 29.5 Å². The molecule has 0 saturated carbocycles. The van der Waals surface area contributed by atoms with Crippen LogP contribution in [0.1, 0.15) is 69.1 Å². The number of carbonyl (C=O) groups is 2. The number of esters is 2. The van der Waals surface area contributed by atoms with Gasteiger partial charge in [-0.2, -0.15) is 0 Å². The summed E-state index contributed by atoms with van der Waals surface area (Å²) < 4.78 is 40.7. The van der Waals surface area contributed by atoms with Gasteiger partial charge in [0, 0.05) is 11.1 Å². The molecular formula is C27H41O8P. The Balaban J connectivity index is 2.58. The number of hydrogen-bond donors (Lipinski definition) is 0. The molecule has 0 unspecified atom stereocenters. The lowest BCUT2D eigenvalue weighted by Crippen LogP contribution is -2.08. The van der Waals surface area contributed by atoms with Crippen LogP contribution >= 0.6 is 7.82 Å². The van der Waals surface area contributed by atoms with Crippen LogP contribution in [0.4, 0.5) is 0 Å². The summed E-state index contributed by atoms with van der Waals surface area (Å²) in [6.45, 7) is 17.0. The van der Waals surface area contributed by atoms with E-state index < -0.39 is 19.8 Å². The minimum Gasteiger partial charge on any atom is -0.462 e. The minimum atomic E-state index is -3.87. The number of benzene rings is 1. The number of rotatable bonds is 18. The lowest BCUT2D eigenvalue weighted by Gasteiger charge is -2.21. The molecule has 9 heteroatoms. The van der Waals surface area contributed by atoms with E-state index >= 15 is 0 Å². The summed E-state index contributed by atoms with van der Waals surface area (Å²) in [4.78, 5) is 22.8. The molecule has 0 fully saturated rings. The van der Waals surface area contributed by atoms with Crippen LogP contribution in [0.25, 0.3) is 0 Å². The average molecular weight is 525 g/mol. The molecule has 0 saturated heterocycles. The number of hydrogen-bond acceptors (Lipinski definition) is 8. The fraction of sp³-hybridized carbons (Fsp3) is 0.556. The van der Waals surface area contributed by atoms with Crippen molar-refractivity contribution in [3.05, 3.63) is 53.1 Å². The van der Waals surface area contributed by atoms with Gasteiger partial charge in [-0.05, 0) is 84.3 Å². The van der Waals surface area contributed by atoms with Gasteiger partial charge in [0.2, 0.25) is 0 Å². The maximum Gasteiger partial charge on any atom is 0.530 e. The van der Waals surface area contributed by atoms with Crippen LogP contribution < -0.4 is 4.52 Å². The quantitative estimate of drug-likeness (QED) is 0.0904. The normalized spacial score (nSPS) is 11.1. The zero-order chi connectivity index (χ0) is 27.1. The van der Waals surface area contributed by atoms with E-state index in [1.807, 2.05) is 32.9 Å². The largest absolute Gasteiger partial charge is 0.530 e. The van der Waals surface area contributed by atoms with Gasteiger partial charge in [-0.25, -0.2) is 14.2 Å². The number of unbranched alkanes of at least 4 members (excludes halogenated alkanes) is 4. The number of phosphoric ester groups is 1. The molecule has 0 aliphatic rings. The standard InChI is InChI=1S/C27H41O8P/c1-20(2)26(28)31-14-10-8-12-16-33-36(30,35-25-23(6)18-22(5)19-24(25)7)34-17-13-9-11-15-32-27(29)21(3)4/h18-19H,1,3,8-17H2,2,4-7H3. The molecule has 1 aromatic rings. The zero-order valence-corrected chi connectivity index (χ0v) is 23.2. The molecule has 8 nitrogen and oxygen atoms in total. The van der Waals surface area contributed by atoms with Crippen molar-refractivity contribution in [2.75, 3.05) is 26.4 Å². The first kappa shape index (κ1) is 31.6. The van der Waals surface area contributed by atoms with Gasteiger partial charge in [0.1, 0.15) is 5.75 Å². The lowest BCUT2D eigenvalue weighted by molar-refractivity contribution is -0.139.